The minimum Gasteiger partial charge on any atom is -0.490 e. The standard InChI is InChI=1S/C25H22F3N3O5/c26-25(27,28)21(13-1-4-16(5-2-13)36-17-6-7-17)30-22(33)14-3-8-18-15(11-14)12-31(24(18)35)19-9-10-20(32)29-23(19)34/h1-5,8,11,17,19,21H,6-7,9-10,12H2,(H,30,33)(H,29,32,34). The summed E-state index contributed by atoms with van der Waals surface area (Å²) >= 11 is 0. The van der Waals surface area contributed by atoms with E-state index in [1.807, 2.05) is 5.32 Å². The number of nitrogens with one attached hydrogen (secondary N) is 2. The first-order valence-electron chi connectivity index (χ1n) is 11.5. The highest BCUT2D eigenvalue weighted by molar-refractivity contribution is 6.06. The summed E-state index contributed by atoms with van der Waals surface area (Å²) in [4.78, 5) is 50.5. The predicted octanol–water partition coefficient (Wildman–Crippen LogP) is 3.02. The third-order valence-corrected chi connectivity index (χ3v) is 6.43. The summed E-state index contributed by atoms with van der Waals surface area (Å²) in [6.07, 6.45) is -2.54. The van der Waals surface area contributed by atoms with Crippen LogP contribution in [0.25, 0.3) is 0 Å². The molecule has 2 N–H and O–H groups in total. The van der Waals surface area contributed by atoms with Gasteiger partial charge in [0.1, 0.15) is 11.8 Å². The lowest BCUT2D eigenvalue weighted by atomic mass is 10.0. The first-order valence-corrected chi connectivity index (χ1v) is 11.5. The van der Waals surface area contributed by atoms with Crippen molar-refractivity contribution < 1.29 is 37.1 Å². The number of hydrogen-bond donors (Lipinski definition) is 2. The van der Waals surface area contributed by atoms with Gasteiger partial charge in [0, 0.05) is 24.1 Å². The molecule has 4 amide bonds. The number of ether oxygens (including phenoxy) is 1. The van der Waals surface area contributed by atoms with Gasteiger partial charge in [0.05, 0.1) is 6.10 Å². The molecule has 2 aromatic rings. The molecule has 1 aliphatic carbocycles. The summed E-state index contributed by atoms with van der Waals surface area (Å²) in [5.74, 6) is -1.91. The van der Waals surface area contributed by atoms with Crippen molar-refractivity contribution in [3.05, 3.63) is 64.7 Å². The number of amides is 4. The summed E-state index contributed by atoms with van der Waals surface area (Å²) in [5.41, 5.74) is 0.492. The Morgan fingerprint density at radius 1 is 1.06 bits per heavy atom. The van der Waals surface area contributed by atoms with E-state index in [1.165, 1.54) is 47.4 Å². The summed E-state index contributed by atoms with van der Waals surface area (Å²) < 4.78 is 47.1. The van der Waals surface area contributed by atoms with Crippen LogP contribution in [-0.2, 0) is 16.1 Å². The van der Waals surface area contributed by atoms with Crippen molar-refractivity contribution in [3.8, 4) is 5.75 Å². The Morgan fingerprint density at radius 3 is 2.42 bits per heavy atom. The van der Waals surface area contributed by atoms with Crippen LogP contribution in [0.4, 0.5) is 13.2 Å². The molecule has 2 aliphatic heterocycles. The van der Waals surface area contributed by atoms with Crippen molar-refractivity contribution in [1.82, 2.24) is 15.5 Å². The van der Waals surface area contributed by atoms with Crippen LogP contribution in [0.5, 0.6) is 5.75 Å². The van der Waals surface area contributed by atoms with Crippen LogP contribution in [-0.4, -0.2) is 46.9 Å². The summed E-state index contributed by atoms with van der Waals surface area (Å²) in [5, 5.41) is 4.25. The number of hydrogen-bond acceptors (Lipinski definition) is 5. The lowest BCUT2D eigenvalue weighted by molar-refractivity contribution is -0.155. The Morgan fingerprint density at radius 2 is 1.78 bits per heavy atom. The normalized spacial score (nSPS) is 20.6. The molecule has 2 unspecified atom stereocenters. The first-order chi connectivity index (χ1) is 17.1. The van der Waals surface area contributed by atoms with Crippen molar-refractivity contribution in [3.63, 3.8) is 0 Å². The Labute approximate surface area is 203 Å². The smallest absolute Gasteiger partial charge is 0.412 e. The number of halogens is 3. The van der Waals surface area contributed by atoms with Gasteiger partial charge in [-0.3, -0.25) is 24.5 Å². The molecule has 0 radical (unpaired) electrons. The SMILES string of the molecule is O=C1CCC(N2Cc3cc(C(=O)NC(c4ccc(OC5CC5)cc4)C(F)(F)F)ccc3C2=O)C(=O)N1. The van der Waals surface area contributed by atoms with Gasteiger partial charge >= 0.3 is 6.18 Å². The second-order valence-electron chi connectivity index (χ2n) is 9.11. The number of alkyl halides is 3. The Bertz CT molecular complexity index is 1240. The average molecular weight is 501 g/mol. The molecular formula is C25H22F3N3O5. The van der Waals surface area contributed by atoms with Crippen molar-refractivity contribution in [2.45, 2.75) is 56.6 Å². The van der Waals surface area contributed by atoms with E-state index in [-0.39, 0.29) is 42.2 Å². The lowest BCUT2D eigenvalue weighted by Gasteiger charge is -2.29. The number of carbonyl (C=O) groups is 4. The molecule has 1 saturated heterocycles. The molecule has 0 bridgehead atoms. The van der Waals surface area contributed by atoms with E-state index in [4.69, 9.17) is 4.74 Å². The van der Waals surface area contributed by atoms with Crippen LogP contribution >= 0.6 is 0 Å². The third-order valence-electron chi connectivity index (χ3n) is 6.43. The first kappa shape index (κ1) is 23.8. The number of piperidine rings is 1. The molecule has 2 fully saturated rings. The zero-order chi connectivity index (χ0) is 25.6. The van der Waals surface area contributed by atoms with Gasteiger partial charge in [0.25, 0.3) is 11.8 Å². The van der Waals surface area contributed by atoms with Crippen LogP contribution in [0.2, 0.25) is 0 Å². The van der Waals surface area contributed by atoms with Gasteiger partial charge in [0.15, 0.2) is 6.04 Å². The highest BCUT2D eigenvalue weighted by atomic mass is 19.4. The van der Waals surface area contributed by atoms with E-state index in [0.29, 0.717) is 11.3 Å². The van der Waals surface area contributed by atoms with Gasteiger partial charge in [-0.15, -0.1) is 0 Å². The molecule has 188 valence electrons. The van der Waals surface area contributed by atoms with Crippen molar-refractivity contribution in [2.24, 2.45) is 0 Å². The molecule has 36 heavy (non-hydrogen) atoms. The quantitative estimate of drug-likeness (QED) is 0.593. The summed E-state index contributed by atoms with van der Waals surface area (Å²) in [6, 6.07) is 6.37. The second-order valence-corrected chi connectivity index (χ2v) is 9.11. The molecule has 1 saturated carbocycles. The van der Waals surface area contributed by atoms with Crippen LogP contribution in [0, 0.1) is 0 Å². The number of rotatable bonds is 6. The highest BCUT2D eigenvalue weighted by Crippen LogP contribution is 2.35. The zero-order valence-electron chi connectivity index (χ0n) is 18.9. The fourth-order valence-corrected chi connectivity index (χ4v) is 4.40. The van der Waals surface area contributed by atoms with E-state index in [1.54, 1.807) is 0 Å². The Kier molecular flexibility index (Phi) is 5.93. The lowest BCUT2D eigenvalue weighted by Crippen LogP contribution is -2.52. The topological polar surface area (TPSA) is 105 Å². The zero-order valence-corrected chi connectivity index (χ0v) is 18.9. The molecule has 0 aromatic heterocycles. The summed E-state index contributed by atoms with van der Waals surface area (Å²) in [6.45, 7) is 0.00667. The van der Waals surface area contributed by atoms with Gasteiger partial charge in [-0.25, -0.2) is 0 Å². The molecule has 5 rings (SSSR count). The second kappa shape index (κ2) is 8.96. The van der Waals surface area contributed by atoms with E-state index in [9.17, 15) is 32.3 Å². The van der Waals surface area contributed by atoms with Crippen molar-refractivity contribution in [2.75, 3.05) is 0 Å². The highest BCUT2D eigenvalue weighted by Gasteiger charge is 2.43. The molecule has 11 heteroatoms. The van der Waals surface area contributed by atoms with E-state index < -0.39 is 41.9 Å². The minimum atomic E-state index is -4.75. The van der Waals surface area contributed by atoms with Crippen LogP contribution in [0.3, 0.4) is 0 Å². The van der Waals surface area contributed by atoms with Crippen LogP contribution < -0.4 is 15.4 Å². The molecule has 0 spiro atoms. The molecule has 8 nitrogen and oxygen atoms in total. The predicted molar refractivity (Wildman–Crippen MR) is 119 cm³/mol. The Balaban J connectivity index is 1.32. The molecule has 2 aromatic carbocycles. The number of nitrogens with zero attached hydrogens (tertiary/aromatic N) is 1. The molecule has 3 aliphatic rings. The van der Waals surface area contributed by atoms with Gasteiger partial charge in [-0.05, 0) is 60.7 Å². The molecular weight excluding hydrogens is 479 g/mol. The number of benzene rings is 2. The molecule has 2 heterocycles. The number of imide groups is 1. The maximum Gasteiger partial charge on any atom is 0.412 e. The fraction of sp³-hybridized carbons (Fsp3) is 0.360. The third kappa shape index (κ3) is 4.77. The van der Waals surface area contributed by atoms with Crippen LogP contribution in [0.15, 0.2) is 42.5 Å². The van der Waals surface area contributed by atoms with E-state index in [0.717, 1.165) is 12.8 Å². The van der Waals surface area contributed by atoms with Crippen LogP contribution in [0.1, 0.15) is 63.6 Å². The monoisotopic (exact) mass is 501 g/mol. The van der Waals surface area contributed by atoms with E-state index in [2.05, 4.69) is 5.32 Å². The fourth-order valence-electron chi connectivity index (χ4n) is 4.40. The number of fused-ring (bicyclic) bond motifs is 1. The molecule has 2 atom stereocenters. The van der Waals surface area contributed by atoms with E-state index >= 15 is 0 Å². The van der Waals surface area contributed by atoms with Crippen molar-refractivity contribution in [1.29, 1.82) is 0 Å². The van der Waals surface area contributed by atoms with Gasteiger partial charge in [-0.1, -0.05) is 12.1 Å². The maximum atomic E-state index is 13.8. The average Bonchev–Trinajstić information content (AvgIpc) is 3.58. The maximum absolute atomic E-state index is 13.8. The summed E-state index contributed by atoms with van der Waals surface area (Å²) in [7, 11) is 0. The van der Waals surface area contributed by atoms with Gasteiger partial charge < -0.3 is 15.0 Å². The van der Waals surface area contributed by atoms with Gasteiger partial charge in [-0.2, -0.15) is 13.2 Å². The van der Waals surface area contributed by atoms with Crippen molar-refractivity contribution >= 4 is 23.6 Å². The minimum absolute atomic E-state index is 0.00667. The Hall–Kier alpha value is -3.89. The largest absolute Gasteiger partial charge is 0.490 e. The van der Waals surface area contributed by atoms with Gasteiger partial charge in [0.2, 0.25) is 11.8 Å². The number of carbonyl (C=O) groups excluding carboxylic acids is 4.